The Bertz CT molecular complexity index is 92.1. The molecule has 0 N–H and O–H groups in total. The smallest absolute Gasteiger partial charge is 0.304 e. The largest absolute Gasteiger partial charge is 0.373 e. The average molecular weight is 132 g/mol. The molecule has 9 heavy (non-hydrogen) atoms. The van der Waals surface area contributed by atoms with Crippen molar-refractivity contribution in [1.29, 1.82) is 0 Å². The molecule has 0 fully saturated rings. The molecule has 5 heteroatoms. The summed E-state index contributed by atoms with van der Waals surface area (Å²) in [6.07, 6.45) is 1.25. The summed E-state index contributed by atoms with van der Waals surface area (Å²) in [6.45, 7) is 1.44. The maximum Gasteiger partial charge on any atom is 0.373 e. The molecule has 0 aromatic heterocycles. The van der Waals surface area contributed by atoms with E-state index in [1.165, 1.54) is 6.92 Å². The first-order valence-corrected chi connectivity index (χ1v) is 1.63. The molecule has 0 saturated carbocycles. The highest BCUT2D eigenvalue weighted by Gasteiger charge is 1.24. The molecule has 0 rings (SSSR count). The number of aldehydes is 1. The van der Waals surface area contributed by atoms with Crippen molar-refractivity contribution in [3.63, 3.8) is 0 Å². The minimum atomic E-state index is 0.250. The first-order chi connectivity index (χ1) is 4.24. The van der Waals surface area contributed by atoms with Gasteiger partial charge in [-0.1, -0.05) is 0 Å². The lowest BCUT2D eigenvalue weighted by molar-refractivity contribution is -0.193. The van der Waals surface area contributed by atoms with Crippen LogP contribution in [0.3, 0.4) is 0 Å². The van der Waals surface area contributed by atoms with Crippen molar-refractivity contribution in [3.05, 3.63) is 0 Å². The molecule has 5 nitrogen and oxygen atoms in total. The van der Waals surface area contributed by atoms with Gasteiger partial charge in [0.25, 0.3) is 0 Å². The van der Waals surface area contributed by atoms with E-state index in [0.29, 0.717) is 0 Å². The molecule has 0 heterocycles. The molecule has 0 atom stereocenters. The van der Waals surface area contributed by atoms with E-state index in [0.717, 1.165) is 6.29 Å². The summed E-state index contributed by atoms with van der Waals surface area (Å²) in [5.41, 5.74) is 0. The van der Waals surface area contributed by atoms with Crippen molar-refractivity contribution in [1.82, 2.24) is 0 Å². The summed E-state index contributed by atoms with van der Waals surface area (Å²) >= 11 is 0. The van der Waals surface area contributed by atoms with Gasteiger partial charge < -0.3 is 4.79 Å². The number of hydrogen-bond donors (Lipinski definition) is 0. The summed E-state index contributed by atoms with van der Waals surface area (Å²) in [6, 6.07) is 0. The Morgan fingerprint density at radius 1 is 1.00 bits per heavy atom. The predicted octanol–water partition coefficient (Wildman–Crippen LogP) is -0.962. The molecule has 0 aliphatic carbocycles. The van der Waals surface area contributed by atoms with Crippen LogP contribution in [-0.4, -0.2) is 18.6 Å². The summed E-state index contributed by atoms with van der Waals surface area (Å²) in [5, 5.41) is 0. The van der Waals surface area contributed by atoms with Crippen molar-refractivity contribution in [3.8, 4) is 0 Å². The molecule has 0 aliphatic heterocycles. The van der Waals surface area contributed by atoms with E-state index in [2.05, 4.69) is 0 Å². The maximum atomic E-state index is 8.81. The molecule has 0 radical (unpaired) electrons. The average Bonchev–Trinajstić information content (AvgIpc) is 1.70. The predicted molar refractivity (Wildman–Crippen MR) is 21.8 cm³/mol. The van der Waals surface area contributed by atoms with Gasteiger partial charge in [-0.15, -0.1) is 0 Å². The third kappa shape index (κ3) is 51.2. The van der Waals surface area contributed by atoms with Crippen molar-refractivity contribution in [2.45, 2.75) is 6.92 Å². The number of hydrogen-bond acceptors (Lipinski definition) is 5. The summed E-state index contributed by atoms with van der Waals surface area (Å²) in [4.78, 5) is 41.3. The van der Waals surface area contributed by atoms with Crippen molar-refractivity contribution >= 4 is 18.6 Å². The molecule has 0 spiro atoms. The van der Waals surface area contributed by atoms with E-state index in [1.54, 1.807) is 0 Å². The summed E-state index contributed by atoms with van der Waals surface area (Å²) in [5.74, 6) is 0. The lowest BCUT2D eigenvalue weighted by Gasteiger charge is -1.23. The fraction of sp³-hybridized carbons (Fsp3) is 0.250. The highest BCUT2D eigenvalue weighted by atomic mass is 16.2. The quantitative estimate of drug-likeness (QED) is 0.396. The Labute approximate surface area is 50.7 Å². The van der Waals surface area contributed by atoms with Crippen molar-refractivity contribution in [2.75, 3.05) is 0 Å². The minimum Gasteiger partial charge on any atom is -0.304 e. The monoisotopic (exact) mass is 132 g/mol. The van der Waals surface area contributed by atoms with E-state index in [-0.39, 0.29) is 12.3 Å². The zero-order valence-electron chi connectivity index (χ0n) is 4.62. The fourth-order valence-corrected chi connectivity index (χ4v) is 0. The van der Waals surface area contributed by atoms with Crippen LogP contribution in [0.1, 0.15) is 6.92 Å². The Kier molecular flexibility index (Phi) is 161. The van der Waals surface area contributed by atoms with Gasteiger partial charge in [-0.3, -0.25) is 0 Å². The van der Waals surface area contributed by atoms with Crippen LogP contribution >= 0.6 is 0 Å². The standard InChI is InChI=1S/C2H4O.2CO2/c1-2-3;2*2-1-3/h2H,1H3;;. The number of rotatable bonds is 0. The van der Waals surface area contributed by atoms with Crippen LogP contribution in [0.2, 0.25) is 0 Å². The fourth-order valence-electron chi connectivity index (χ4n) is 0. The molecular formula is C4H4O5. The van der Waals surface area contributed by atoms with Crippen LogP contribution in [0.5, 0.6) is 0 Å². The summed E-state index contributed by atoms with van der Waals surface area (Å²) < 4.78 is 0. The second kappa shape index (κ2) is 92.7. The first kappa shape index (κ1) is 15.7. The number of carbonyl (C=O) groups excluding carboxylic acids is 5. The highest BCUT2D eigenvalue weighted by Crippen LogP contribution is 1.13. The zero-order valence-corrected chi connectivity index (χ0v) is 4.62. The normalized spacial score (nSPS) is 3.22. The van der Waals surface area contributed by atoms with E-state index < -0.39 is 0 Å². The first-order valence-electron chi connectivity index (χ1n) is 1.63. The third-order valence-electron chi connectivity index (χ3n) is 0. The Hall–Kier alpha value is -1.57. The Balaban J connectivity index is -0.0000000600. The van der Waals surface area contributed by atoms with E-state index >= 15 is 0 Å². The summed E-state index contributed by atoms with van der Waals surface area (Å²) in [7, 11) is 0. The van der Waals surface area contributed by atoms with Crippen LogP contribution < -0.4 is 0 Å². The van der Waals surface area contributed by atoms with E-state index in [1.807, 2.05) is 0 Å². The van der Waals surface area contributed by atoms with Crippen LogP contribution in [0.15, 0.2) is 0 Å². The van der Waals surface area contributed by atoms with Crippen LogP contribution in [-0.2, 0) is 24.0 Å². The topological polar surface area (TPSA) is 85.3 Å². The van der Waals surface area contributed by atoms with Gasteiger partial charge in [0.05, 0.1) is 0 Å². The second-order valence-corrected chi connectivity index (χ2v) is 0.402. The Morgan fingerprint density at radius 2 is 1.00 bits per heavy atom. The molecule has 0 saturated heterocycles. The molecule has 0 bridgehead atoms. The highest BCUT2D eigenvalue weighted by molar-refractivity contribution is 5.44. The van der Waals surface area contributed by atoms with E-state index in [9.17, 15) is 0 Å². The maximum absolute atomic E-state index is 8.81. The molecular weight excluding hydrogens is 128 g/mol. The molecule has 0 aromatic rings. The lowest BCUT2D eigenvalue weighted by Crippen LogP contribution is -1.36. The Morgan fingerprint density at radius 3 is 1.00 bits per heavy atom. The van der Waals surface area contributed by atoms with Gasteiger partial charge >= 0.3 is 12.3 Å². The molecule has 50 valence electrons. The van der Waals surface area contributed by atoms with Crippen molar-refractivity contribution < 1.29 is 24.0 Å². The van der Waals surface area contributed by atoms with Crippen LogP contribution in [0, 0.1) is 0 Å². The molecule has 0 amide bonds. The lowest BCUT2D eigenvalue weighted by atomic mass is 11.0. The third-order valence-corrected chi connectivity index (χ3v) is 0. The zero-order chi connectivity index (χ0) is 8.12. The SMILES string of the molecule is CC=O.O=C=O.O=C=O. The van der Waals surface area contributed by atoms with Gasteiger partial charge in [-0.2, -0.15) is 19.2 Å². The molecule has 0 unspecified atom stereocenters. The van der Waals surface area contributed by atoms with Crippen molar-refractivity contribution in [2.24, 2.45) is 0 Å². The van der Waals surface area contributed by atoms with Gasteiger partial charge in [-0.25, -0.2) is 0 Å². The molecule has 0 aliphatic rings. The second-order valence-electron chi connectivity index (χ2n) is 0.402. The van der Waals surface area contributed by atoms with Gasteiger partial charge in [0.15, 0.2) is 0 Å². The van der Waals surface area contributed by atoms with Gasteiger partial charge in [0, 0.05) is 0 Å². The van der Waals surface area contributed by atoms with Crippen LogP contribution in [0.25, 0.3) is 0 Å². The van der Waals surface area contributed by atoms with Crippen LogP contribution in [0.4, 0.5) is 0 Å². The van der Waals surface area contributed by atoms with Gasteiger partial charge in [0.1, 0.15) is 6.29 Å². The van der Waals surface area contributed by atoms with E-state index in [4.69, 9.17) is 24.0 Å². The van der Waals surface area contributed by atoms with Gasteiger partial charge in [-0.05, 0) is 6.92 Å². The minimum absolute atomic E-state index is 0.250. The molecule has 0 aromatic carbocycles. The van der Waals surface area contributed by atoms with Gasteiger partial charge in [0.2, 0.25) is 0 Å². The number of carbonyl (C=O) groups is 1.